The molecule has 146 valence electrons. The molecule has 0 radical (unpaired) electrons. The molecule has 6 heteroatoms. The number of carbonyl (C=O) groups excluding carboxylic acids is 1. The highest BCUT2D eigenvalue weighted by Gasteiger charge is 2.31. The molecular weight excluding hydrogens is 390 g/mol. The summed E-state index contributed by atoms with van der Waals surface area (Å²) >= 11 is 1.54. The van der Waals surface area contributed by atoms with E-state index in [2.05, 4.69) is 24.3 Å². The summed E-state index contributed by atoms with van der Waals surface area (Å²) in [6, 6.07) is 16.3. The molecule has 0 spiro atoms. The Kier molecular flexibility index (Phi) is 5.10. The van der Waals surface area contributed by atoms with Gasteiger partial charge in [0.1, 0.15) is 0 Å². The van der Waals surface area contributed by atoms with Crippen molar-refractivity contribution in [3.63, 3.8) is 0 Å². The van der Waals surface area contributed by atoms with E-state index < -0.39 is 9.84 Å². The molecule has 1 atom stereocenters. The van der Waals surface area contributed by atoms with Crippen LogP contribution in [0.4, 0.5) is 0 Å². The molecule has 1 aliphatic heterocycles. The molecule has 2 aromatic carbocycles. The number of fused-ring (bicyclic) bond motifs is 1. The zero-order valence-corrected chi connectivity index (χ0v) is 17.6. The quantitative estimate of drug-likeness (QED) is 0.453. The molecule has 1 aromatic heterocycles. The van der Waals surface area contributed by atoms with Gasteiger partial charge in [-0.05, 0) is 49.2 Å². The van der Waals surface area contributed by atoms with Crippen LogP contribution in [-0.4, -0.2) is 36.0 Å². The lowest BCUT2D eigenvalue weighted by Crippen LogP contribution is -2.14. The smallest absolute Gasteiger partial charge is 0.174 e. The number of sulfone groups is 1. The Bertz CT molecular complexity index is 1160. The van der Waals surface area contributed by atoms with Crippen molar-refractivity contribution in [3.8, 4) is 0 Å². The van der Waals surface area contributed by atoms with E-state index in [-0.39, 0.29) is 23.3 Å². The molecule has 0 amide bonds. The minimum atomic E-state index is -2.96. The summed E-state index contributed by atoms with van der Waals surface area (Å²) in [5.41, 5.74) is 2.54. The SMILES string of the molecule is Cc1cc(C(=O)CSc2ccc3ccccc3c2)c(C)n1[C@H]1CCS(=O)(=O)C1. The van der Waals surface area contributed by atoms with Crippen molar-refractivity contribution < 1.29 is 13.2 Å². The third-order valence-corrected chi connectivity index (χ3v) is 8.19. The van der Waals surface area contributed by atoms with Gasteiger partial charge in [0.2, 0.25) is 0 Å². The fourth-order valence-corrected chi connectivity index (χ4v) is 6.61. The van der Waals surface area contributed by atoms with Crippen LogP contribution in [0.1, 0.15) is 34.2 Å². The second-order valence-electron chi connectivity index (χ2n) is 7.43. The van der Waals surface area contributed by atoms with E-state index in [1.54, 1.807) is 0 Å². The van der Waals surface area contributed by atoms with Gasteiger partial charge >= 0.3 is 0 Å². The van der Waals surface area contributed by atoms with Crippen LogP contribution in [0, 0.1) is 13.8 Å². The Morgan fingerprint density at radius 2 is 1.86 bits per heavy atom. The van der Waals surface area contributed by atoms with E-state index in [4.69, 9.17) is 0 Å². The number of ketones is 1. The van der Waals surface area contributed by atoms with Crippen LogP contribution in [-0.2, 0) is 9.84 Å². The van der Waals surface area contributed by atoms with Crippen molar-refractivity contribution in [1.29, 1.82) is 0 Å². The number of aryl methyl sites for hydroxylation is 1. The highest BCUT2D eigenvalue weighted by Crippen LogP contribution is 2.30. The number of nitrogens with zero attached hydrogens (tertiary/aromatic N) is 1. The lowest BCUT2D eigenvalue weighted by Gasteiger charge is -2.16. The molecule has 0 saturated carbocycles. The highest BCUT2D eigenvalue weighted by atomic mass is 32.2. The minimum Gasteiger partial charge on any atom is -0.344 e. The summed E-state index contributed by atoms with van der Waals surface area (Å²) in [6.45, 7) is 3.87. The third kappa shape index (κ3) is 3.76. The molecule has 4 nitrogen and oxygen atoms in total. The van der Waals surface area contributed by atoms with Crippen molar-refractivity contribution in [2.45, 2.75) is 31.2 Å². The molecule has 0 bridgehead atoms. The third-order valence-electron chi connectivity index (χ3n) is 5.45. The number of Topliss-reactive ketones (excluding diaryl/α,β-unsaturated/α-hetero) is 1. The van der Waals surface area contributed by atoms with E-state index in [0.29, 0.717) is 17.7 Å². The number of benzene rings is 2. The molecule has 1 fully saturated rings. The van der Waals surface area contributed by atoms with Crippen LogP contribution in [0.25, 0.3) is 10.8 Å². The molecule has 0 unspecified atom stereocenters. The Hall–Kier alpha value is -2.05. The van der Waals surface area contributed by atoms with Crippen LogP contribution in [0.15, 0.2) is 53.4 Å². The molecule has 0 N–H and O–H groups in total. The summed E-state index contributed by atoms with van der Waals surface area (Å²) in [5.74, 6) is 0.850. The maximum Gasteiger partial charge on any atom is 0.174 e. The van der Waals surface area contributed by atoms with Gasteiger partial charge in [-0.15, -0.1) is 11.8 Å². The molecule has 1 saturated heterocycles. The van der Waals surface area contributed by atoms with E-state index in [1.807, 2.05) is 42.7 Å². The van der Waals surface area contributed by atoms with Gasteiger partial charge in [-0.1, -0.05) is 30.3 Å². The zero-order valence-electron chi connectivity index (χ0n) is 16.0. The minimum absolute atomic E-state index is 0.0558. The summed E-state index contributed by atoms with van der Waals surface area (Å²) in [7, 11) is -2.96. The maximum absolute atomic E-state index is 12.9. The lowest BCUT2D eigenvalue weighted by molar-refractivity contribution is 0.102. The summed E-state index contributed by atoms with van der Waals surface area (Å²) < 4.78 is 25.7. The van der Waals surface area contributed by atoms with Gasteiger partial charge < -0.3 is 4.57 Å². The Morgan fingerprint density at radius 3 is 2.57 bits per heavy atom. The van der Waals surface area contributed by atoms with Crippen LogP contribution < -0.4 is 0 Å². The topological polar surface area (TPSA) is 56.1 Å². The number of hydrogen-bond donors (Lipinski definition) is 0. The Morgan fingerprint density at radius 1 is 1.11 bits per heavy atom. The van der Waals surface area contributed by atoms with Crippen LogP contribution in [0.5, 0.6) is 0 Å². The second-order valence-corrected chi connectivity index (χ2v) is 10.7. The standard InChI is InChI=1S/C22H23NO3S2/c1-15-11-21(16(2)23(15)19-9-10-28(25,26)14-19)22(24)13-27-20-8-7-17-5-3-4-6-18(17)12-20/h3-8,11-12,19H,9-10,13-14H2,1-2H3/t19-/m0/s1. The van der Waals surface area contributed by atoms with E-state index in [9.17, 15) is 13.2 Å². The molecule has 3 aromatic rings. The zero-order chi connectivity index (χ0) is 19.9. The summed E-state index contributed by atoms with van der Waals surface area (Å²) in [6.07, 6.45) is 0.623. The largest absolute Gasteiger partial charge is 0.344 e. The van der Waals surface area contributed by atoms with Gasteiger partial charge in [0, 0.05) is 27.9 Å². The average Bonchev–Trinajstić information content (AvgIpc) is 3.17. The monoisotopic (exact) mass is 413 g/mol. The first kappa shape index (κ1) is 19.3. The maximum atomic E-state index is 12.9. The predicted molar refractivity (Wildman–Crippen MR) is 115 cm³/mol. The van der Waals surface area contributed by atoms with Crippen LogP contribution in [0.2, 0.25) is 0 Å². The first-order valence-electron chi connectivity index (χ1n) is 9.38. The van der Waals surface area contributed by atoms with Crippen LogP contribution >= 0.6 is 11.8 Å². The molecule has 28 heavy (non-hydrogen) atoms. The van der Waals surface area contributed by atoms with Crippen molar-refractivity contribution in [3.05, 3.63) is 65.5 Å². The van der Waals surface area contributed by atoms with Gasteiger partial charge in [0.25, 0.3) is 0 Å². The summed E-state index contributed by atoms with van der Waals surface area (Å²) in [4.78, 5) is 13.9. The average molecular weight is 414 g/mol. The Balaban J connectivity index is 1.51. The summed E-state index contributed by atoms with van der Waals surface area (Å²) in [5, 5.41) is 2.36. The number of thioether (sulfide) groups is 1. The Labute approximate surface area is 169 Å². The van der Waals surface area contributed by atoms with E-state index in [1.165, 1.54) is 22.5 Å². The first-order valence-corrected chi connectivity index (χ1v) is 12.2. The molecule has 1 aliphatic rings. The van der Waals surface area contributed by atoms with E-state index >= 15 is 0 Å². The first-order chi connectivity index (χ1) is 13.3. The van der Waals surface area contributed by atoms with Gasteiger partial charge in [-0.2, -0.15) is 0 Å². The van der Waals surface area contributed by atoms with Gasteiger partial charge in [-0.3, -0.25) is 4.79 Å². The fourth-order valence-electron chi connectivity index (χ4n) is 4.08. The number of carbonyl (C=O) groups is 1. The van der Waals surface area contributed by atoms with Gasteiger partial charge in [-0.25, -0.2) is 8.42 Å². The normalized spacial score (nSPS) is 18.6. The van der Waals surface area contributed by atoms with Crippen LogP contribution in [0.3, 0.4) is 0 Å². The molecule has 0 aliphatic carbocycles. The second kappa shape index (κ2) is 7.41. The van der Waals surface area contributed by atoms with Crippen molar-refractivity contribution >= 4 is 38.2 Å². The number of aromatic nitrogens is 1. The van der Waals surface area contributed by atoms with Gasteiger partial charge in [0.15, 0.2) is 15.6 Å². The van der Waals surface area contributed by atoms with Crippen molar-refractivity contribution in [2.24, 2.45) is 0 Å². The predicted octanol–water partition coefficient (Wildman–Crippen LogP) is 4.59. The number of rotatable bonds is 5. The molecule has 4 rings (SSSR count). The van der Waals surface area contributed by atoms with Gasteiger partial charge in [0.05, 0.1) is 17.3 Å². The van der Waals surface area contributed by atoms with Crippen molar-refractivity contribution in [2.75, 3.05) is 17.3 Å². The fraction of sp³-hybridized carbons (Fsp3) is 0.318. The lowest BCUT2D eigenvalue weighted by atomic mass is 10.1. The molecular formula is C22H23NO3S2. The van der Waals surface area contributed by atoms with Crippen molar-refractivity contribution in [1.82, 2.24) is 4.57 Å². The molecule has 2 heterocycles. The van der Waals surface area contributed by atoms with E-state index in [0.717, 1.165) is 16.3 Å². The number of hydrogen-bond acceptors (Lipinski definition) is 4. The highest BCUT2D eigenvalue weighted by molar-refractivity contribution is 8.00.